The summed E-state index contributed by atoms with van der Waals surface area (Å²) in [6.45, 7) is 1.54. The SMILES string of the molecule is COC(=O)c1sc(NC(=O)COc2ccc3ccccc3c2)nc1C. The molecule has 0 atom stereocenters. The number of aryl methyl sites for hydroxylation is 1. The summed E-state index contributed by atoms with van der Waals surface area (Å²) >= 11 is 1.07. The van der Waals surface area contributed by atoms with E-state index in [-0.39, 0.29) is 12.5 Å². The van der Waals surface area contributed by atoms with Crippen molar-refractivity contribution in [2.24, 2.45) is 0 Å². The molecule has 7 heteroatoms. The fraction of sp³-hybridized carbons (Fsp3) is 0.167. The maximum atomic E-state index is 12.0. The van der Waals surface area contributed by atoms with Crippen molar-refractivity contribution in [1.82, 2.24) is 4.98 Å². The number of esters is 1. The second-order valence-electron chi connectivity index (χ2n) is 5.27. The second-order valence-corrected chi connectivity index (χ2v) is 6.27. The van der Waals surface area contributed by atoms with Crippen LogP contribution >= 0.6 is 11.3 Å². The molecule has 1 heterocycles. The summed E-state index contributed by atoms with van der Waals surface area (Å²) < 4.78 is 10.2. The molecular formula is C18H16N2O4S. The summed E-state index contributed by atoms with van der Waals surface area (Å²) in [6, 6.07) is 13.5. The number of fused-ring (bicyclic) bond motifs is 1. The Bertz CT molecular complexity index is 936. The van der Waals surface area contributed by atoms with Crippen molar-refractivity contribution in [2.75, 3.05) is 19.0 Å². The monoisotopic (exact) mass is 356 g/mol. The van der Waals surface area contributed by atoms with Gasteiger partial charge in [0.2, 0.25) is 0 Å². The smallest absolute Gasteiger partial charge is 0.350 e. The van der Waals surface area contributed by atoms with E-state index in [9.17, 15) is 9.59 Å². The highest BCUT2D eigenvalue weighted by Gasteiger charge is 2.17. The van der Waals surface area contributed by atoms with Gasteiger partial charge in [0.25, 0.3) is 5.91 Å². The van der Waals surface area contributed by atoms with Gasteiger partial charge >= 0.3 is 5.97 Å². The van der Waals surface area contributed by atoms with E-state index in [2.05, 4.69) is 15.0 Å². The van der Waals surface area contributed by atoms with Gasteiger partial charge in [-0.2, -0.15) is 0 Å². The number of nitrogens with one attached hydrogen (secondary N) is 1. The van der Waals surface area contributed by atoms with E-state index in [0.29, 0.717) is 21.5 Å². The van der Waals surface area contributed by atoms with Gasteiger partial charge in [-0.25, -0.2) is 9.78 Å². The van der Waals surface area contributed by atoms with Gasteiger partial charge < -0.3 is 9.47 Å². The zero-order valence-electron chi connectivity index (χ0n) is 13.7. The molecule has 0 aliphatic carbocycles. The van der Waals surface area contributed by atoms with Crippen LogP contribution in [0.15, 0.2) is 42.5 Å². The number of rotatable bonds is 5. The number of methoxy groups -OCH3 is 1. The first-order chi connectivity index (χ1) is 12.1. The minimum absolute atomic E-state index is 0.148. The van der Waals surface area contributed by atoms with Crippen molar-refractivity contribution in [3.63, 3.8) is 0 Å². The fourth-order valence-corrected chi connectivity index (χ4v) is 3.19. The van der Waals surface area contributed by atoms with Gasteiger partial charge in [-0.3, -0.25) is 10.1 Å². The van der Waals surface area contributed by atoms with E-state index in [1.807, 2.05) is 42.5 Å². The van der Waals surface area contributed by atoms with E-state index in [1.54, 1.807) is 6.92 Å². The predicted molar refractivity (Wildman–Crippen MR) is 96.3 cm³/mol. The minimum Gasteiger partial charge on any atom is -0.484 e. The number of hydrogen-bond donors (Lipinski definition) is 1. The number of carbonyl (C=O) groups is 2. The molecule has 0 unspecified atom stereocenters. The van der Waals surface area contributed by atoms with Crippen LogP contribution in [0.2, 0.25) is 0 Å². The lowest BCUT2D eigenvalue weighted by Crippen LogP contribution is -2.20. The quantitative estimate of drug-likeness (QED) is 0.709. The van der Waals surface area contributed by atoms with Crippen molar-refractivity contribution >= 4 is 39.1 Å². The Hall–Kier alpha value is -2.93. The van der Waals surface area contributed by atoms with Gasteiger partial charge in [-0.05, 0) is 29.8 Å². The topological polar surface area (TPSA) is 77.5 Å². The zero-order valence-corrected chi connectivity index (χ0v) is 14.6. The number of ether oxygens (including phenoxy) is 2. The third-order valence-corrected chi connectivity index (χ3v) is 4.56. The van der Waals surface area contributed by atoms with Crippen LogP contribution in [-0.4, -0.2) is 30.6 Å². The molecule has 0 fully saturated rings. The molecule has 0 aliphatic rings. The Morgan fingerprint density at radius 3 is 2.68 bits per heavy atom. The average molecular weight is 356 g/mol. The summed E-state index contributed by atoms with van der Waals surface area (Å²) in [5.74, 6) is -0.208. The number of aromatic nitrogens is 1. The minimum atomic E-state index is -0.470. The van der Waals surface area contributed by atoms with E-state index >= 15 is 0 Å². The van der Waals surface area contributed by atoms with Gasteiger partial charge in [-0.15, -0.1) is 0 Å². The van der Waals surface area contributed by atoms with Gasteiger partial charge in [0.15, 0.2) is 11.7 Å². The van der Waals surface area contributed by atoms with Crippen LogP contribution < -0.4 is 10.1 Å². The lowest BCUT2D eigenvalue weighted by atomic mass is 10.1. The van der Waals surface area contributed by atoms with Crippen LogP contribution in [-0.2, 0) is 9.53 Å². The predicted octanol–water partition coefficient (Wildman–Crippen LogP) is 3.41. The summed E-state index contributed by atoms with van der Waals surface area (Å²) in [7, 11) is 1.30. The average Bonchev–Trinajstić information content (AvgIpc) is 2.99. The third kappa shape index (κ3) is 3.95. The molecular weight excluding hydrogens is 340 g/mol. The molecule has 1 amide bonds. The third-order valence-electron chi connectivity index (χ3n) is 3.50. The second kappa shape index (κ2) is 7.31. The van der Waals surface area contributed by atoms with E-state index < -0.39 is 5.97 Å². The molecule has 0 bridgehead atoms. The Labute approximate surface area is 148 Å². The first-order valence-corrected chi connectivity index (χ1v) is 8.35. The van der Waals surface area contributed by atoms with E-state index in [4.69, 9.17) is 4.74 Å². The van der Waals surface area contributed by atoms with E-state index in [0.717, 1.165) is 22.1 Å². The molecule has 128 valence electrons. The van der Waals surface area contributed by atoms with Gasteiger partial charge in [0.1, 0.15) is 10.6 Å². The lowest BCUT2D eigenvalue weighted by Gasteiger charge is -2.07. The molecule has 0 aliphatic heterocycles. The summed E-state index contributed by atoms with van der Waals surface area (Å²) in [4.78, 5) is 28.1. The standard InChI is InChI=1S/C18H16N2O4S/c1-11-16(17(22)23-2)25-18(19-11)20-15(21)10-24-14-8-7-12-5-3-4-6-13(12)9-14/h3-9H,10H2,1-2H3,(H,19,20,21). The largest absolute Gasteiger partial charge is 0.484 e. The maximum absolute atomic E-state index is 12.0. The normalized spacial score (nSPS) is 10.5. The van der Waals surface area contributed by atoms with E-state index in [1.165, 1.54) is 7.11 Å². The van der Waals surface area contributed by atoms with Gasteiger partial charge in [0.05, 0.1) is 12.8 Å². The number of carbonyl (C=O) groups excluding carboxylic acids is 2. The first-order valence-electron chi connectivity index (χ1n) is 7.54. The van der Waals surface area contributed by atoms with Gasteiger partial charge in [0, 0.05) is 0 Å². The molecule has 3 rings (SSSR count). The maximum Gasteiger partial charge on any atom is 0.350 e. The van der Waals surface area contributed by atoms with Crippen LogP contribution in [0.25, 0.3) is 10.8 Å². The highest BCUT2D eigenvalue weighted by Crippen LogP contribution is 2.23. The molecule has 1 aromatic heterocycles. The van der Waals surface area contributed by atoms with Crippen LogP contribution in [0.4, 0.5) is 5.13 Å². The first kappa shape index (κ1) is 16.9. The number of thiazole rings is 1. The summed E-state index contributed by atoms with van der Waals surface area (Å²) in [5, 5.41) is 5.11. The molecule has 25 heavy (non-hydrogen) atoms. The molecule has 2 aromatic carbocycles. The van der Waals surface area contributed by atoms with Crippen LogP contribution in [0.3, 0.4) is 0 Å². The van der Waals surface area contributed by atoms with Crippen molar-refractivity contribution in [3.05, 3.63) is 53.0 Å². The lowest BCUT2D eigenvalue weighted by molar-refractivity contribution is -0.118. The Balaban J connectivity index is 1.61. The Morgan fingerprint density at radius 1 is 1.16 bits per heavy atom. The molecule has 0 spiro atoms. The fourth-order valence-electron chi connectivity index (χ4n) is 2.29. The number of hydrogen-bond acceptors (Lipinski definition) is 6. The molecule has 6 nitrogen and oxygen atoms in total. The van der Waals surface area contributed by atoms with Crippen molar-refractivity contribution in [3.8, 4) is 5.75 Å². The number of amides is 1. The molecule has 3 aromatic rings. The van der Waals surface area contributed by atoms with Gasteiger partial charge in [-0.1, -0.05) is 41.7 Å². The van der Waals surface area contributed by atoms with Crippen LogP contribution in [0.1, 0.15) is 15.4 Å². The molecule has 1 N–H and O–H groups in total. The van der Waals surface area contributed by atoms with Crippen LogP contribution in [0.5, 0.6) is 5.75 Å². The molecule has 0 saturated carbocycles. The van der Waals surface area contributed by atoms with Crippen LogP contribution in [0, 0.1) is 6.92 Å². The molecule has 0 radical (unpaired) electrons. The highest BCUT2D eigenvalue weighted by atomic mass is 32.1. The zero-order chi connectivity index (χ0) is 17.8. The number of anilines is 1. The highest BCUT2D eigenvalue weighted by molar-refractivity contribution is 7.17. The summed E-state index contributed by atoms with van der Waals surface area (Å²) in [6.07, 6.45) is 0. The Kier molecular flexibility index (Phi) is 4.95. The van der Waals surface area contributed by atoms with Crippen molar-refractivity contribution in [1.29, 1.82) is 0 Å². The Morgan fingerprint density at radius 2 is 1.92 bits per heavy atom. The van der Waals surface area contributed by atoms with Crippen molar-refractivity contribution in [2.45, 2.75) is 6.92 Å². The summed E-state index contributed by atoms with van der Waals surface area (Å²) in [5.41, 5.74) is 0.516. The number of nitrogens with zero attached hydrogens (tertiary/aromatic N) is 1. The molecule has 0 saturated heterocycles. The van der Waals surface area contributed by atoms with Crippen molar-refractivity contribution < 1.29 is 19.1 Å². The number of benzene rings is 2.